The lowest BCUT2D eigenvalue weighted by Gasteiger charge is -1.93. The molecule has 0 aliphatic heterocycles. The van der Waals surface area contributed by atoms with Crippen LogP contribution in [0.1, 0.15) is 12.6 Å². The van der Waals surface area contributed by atoms with Crippen molar-refractivity contribution in [1.29, 1.82) is 0 Å². The van der Waals surface area contributed by atoms with Crippen LogP contribution in [0.2, 0.25) is 0 Å². The van der Waals surface area contributed by atoms with Gasteiger partial charge >= 0.3 is 0 Å². The lowest BCUT2D eigenvalue weighted by Crippen LogP contribution is -1.95. The average Bonchev–Trinajstić information content (AvgIpc) is 2.32. The highest BCUT2D eigenvalue weighted by Crippen LogP contribution is 2.10. The summed E-state index contributed by atoms with van der Waals surface area (Å²) in [6.45, 7) is 6.23. The molecule has 1 rings (SSSR count). The van der Waals surface area contributed by atoms with E-state index in [0.717, 1.165) is 5.69 Å². The third-order valence-electron chi connectivity index (χ3n) is 1.39. The summed E-state index contributed by atoms with van der Waals surface area (Å²) in [4.78, 5) is 0. The fourth-order valence-corrected chi connectivity index (χ4v) is 0.864. The molecule has 0 bridgehead atoms. The minimum Gasteiger partial charge on any atom is -0.477 e. The van der Waals surface area contributed by atoms with Crippen LogP contribution in [0.3, 0.4) is 0 Å². The average molecular weight is 152 g/mol. The highest BCUT2D eigenvalue weighted by Gasteiger charge is 2.00. The van der Waals surface area contributed by atoms with Crippen LogP contribution in [-0.4, -0.2) is 16.4 Å². The topological polar surface area (TPSA) is 27.1 Å². The Morgan fingerprint density at radius 1 is 1.82 bits per heavy atom. The van der Waals surface area contributed by atoms with Gasteiger partial charge in [0.15, 0.2) is 0 Å². The fourth-order valence-electron chi connectivity index (χ4n) is 0.864. The van der Waals surface area contributed by atoms with Gasteiger partial charge in [0.25, 0.3) is 0 Å². The third-order valence-corrected chi connectivity index (χ3v) is 1.39. The highest BCUT2D eigenvalue weighted by molar-refractivity contribution is 5.43. The monoisotopic (exact) mass is 152 g/mol. The van der Waals surface area contributed by atoms with Gasteiger partial charge in [-0.05, 0) is 13.0 Å². The Balaban J connectivity index is 2.86. The van der Waals surface area contributed by atoms with E-state index in [0.29, 0.717) is 12.5 Å². The van der Waals surface area contributed by atoms with Crippen LogP contribution in [0, 0.1) is 0 Å². The maximum atomic E-state index is 5.19. The van der Waals surface area contributed by atoms with E-state index < -0.39 is 0 Å². The maximum Gasteiger partial charge on any atom is 0.233 e. The normalized spacial score (nSPS) is 9.64. The van der Waals surface area contributed by atoms with Crippen LogP contribution in [0.15, 0.2) is 12.6 Å². The lowest BCUT2D eigenvalue weighted by molar-refractivity contribution is 0.323. The Morgan fingerprint density at radius 3 is 3.00 bits per heavy atom. The summed E-state index contributed by atoms with van der Waals surface area (Å²) < 4.78 is 6.92. The predicted molar refractivity (Wildman–Crippen MR) is 44.5 cm³/mol. The lowest BCUT2D eigenvalue weighted by atomic mass is 10.4. The quantitative estimate of drug-likeness (QED) is 0.655. The summed E-state index contributed by atoms with van der Waals surface area (Å²) in [5, 5.41) is 4.09. The molecule has 0 atom stereocenters. The summed E-state index contributed by atoms with van der Waals surface area (Å²) in [5.74, 6) is 0.657. The number of rotatable bonds is 3. The fraction of sp³-hybridized carbons (Fsp3) is 0.375. The Bertz CT molecular complexity index is 253. The number of aryl methyl sites for hydroxylation is 1. The van der Waals surface area contributed by atoms with Crippen LogP contribution in [-0.2, 0) is 7.05 Å². The van der Waals surface area contributed by atoms with Crippen molar-refractivity contribution in [3.05, 3.63) is 18.3 Å². The zero-order valence-electron chi connectivity index (χ0n) is 6.87. The molecule has 0 spiro atoms. The van der Waals surface area contributed by atoms with Gasteiger partial charge in [-0.25, -0.2) is 0 Å². The first kappa shape index (κ1) is 7.85. The number of aromatic nitrogens is 2. The minimum atomic E-state index is 0.646. The SMILES string of the molecule is C=Cc1cc(OCC)nn1C. The second-order valence-electron chi connectivity index (χ2n) is 2.17. The molecular weight excluding hydrogens is 140 g/mol. The second-order valence-corrected chi connectivity index (χ2v) is 2.17. The van der Waals surface area contributed by atoms with E-state index in [2.05, 4.69) is 11.7 Å². The Labute approximate surface area is 66.3 Å². The summed E-state index contributed by atoms with van der Waals surface area (Å²) in [6.07, 6.45) is 1.75. The molecule has 0 aliphatic rings. The zero-order chi connectivity index (χ0) is 8.27. The first-order chi connectivity index (χ1) is 5.27. The van der Waals surface area contributed by atoms with Gasteiger partial charge in [0.05, 0.1) is 12.3 Å². The molecule has 3 heteroatoms. The minimum absolute atomic E-state index is 0.646. The van der Waals surface area contributed by atoms with Crippen molar-refractivity contribution < 1.29 is 4.74 Å². The number of ether oxygens (including phenoxy) is 1. The molecule has 0 aromatic carbocycles. The number of hydrogen-bond donors (Lipinski definition) is 0. The van der Waals surface area contributed by atoms with E-state index in [4.69, 9.17) is 4.74 Å². The van der Waals surface area contributed by atoms with E-state index in [9.17, 15) is 0 Å². The Morgan fingerprint density at radius 2 is 2.55 bits per heavy atom. The molecule has 11 heavy (non-hydrogen) atoms. The molecule has 1 aromatic rings. The molecule has 0 saturated carbocycles. The highest BCUT2D eigenvalue weighted by atomic mass is 16.5. The van der Waals surface area contributed by atoms with Crippen LogP contribution >= 0.6 is 0 Å². The number of hydrogen-bond acceptors (Lipinski definition) is 2. The van der Waals surface area contributed by atoms with E-state index >= 15 is 0 Å². The van der Waals surface area contributed by atoms with Crippen molar-refractivity contribution in [3.8, 4) is 5.88 Å². The van der Waals surface area contributed by atoms with Crippen molar-refractivity contribution in [2.75, 3.05) is 6.61 Å². The van der Waals surface area contributed by atoms with E-state index in [1.54, 1.807) is 10.8 Å². The van der Waals surface area contributed by atoms with Gasteiger partial charge in [0.2, 0.25) is 5.88 Å². The molecular formula is C8H12N2O. The van der Waals surface area contributed by atoms with Crippen molar-refractivity contribution >= 4 is 6.08 Å². The summed E-state index contributed by atoms with van der Waals surface area (Å²) >= 11 is 0. The van der Waals surface area contributed by atoms with Crippen LogP contribution < -0.4 is 4.74 Å². The van der Waals surface area contributed by atoms with Gasteiger partial charge in [-0.15, -0.1) is 5.10 Å². The van der Waals surface area contributed by atoms with Gasteiger partial charge in [-0.1, -0.05) is 6.58 Å². The van der Waals surface area contributed by atoms with E-state index in [-0.39, 0.29) is 0 Å². The molecule has 0 unspecified atom stereocenters. The predicted octanol–water partition coefficient (Wildman–Crippen LogP) is 1.46. The first-order valence-corrected chi connectivity index (χ1v) is 3.57. The van der Waals surface area contributed by atoms with Crippen LogP contribution in [0.5, 0.6) is 5.88 Å². The Kier molecular flexibility index (Phi) is 2.31. The molecule has 0 N–H and O–H groups in total. The molecule has 1 heterocycles. The maximum absolute atomic E-state index is 5.19. The van der Waals surface area contributed by atoms with Crippen molar-refractivity contribution in [1.82, 2.24) is 9.78 Å². The molecule has 60 valence electrons. The molecule has 0 aliphatic carbocycles. The molecule has 1 aromatic heterocycles. The third kappa shape index (κ3) is 1.61. The standard InChI is InChI=1S/C8H12N2O/c1-4-7-6-8(11-5-2)9-10(7)3/h4,6H,1,5H2,2-3H3. The van der Waals surface area contributed by atoms with E-state index in [1.807, 2.05) is 20.0 Å². The molecule has 0 amide bonds. The summed E-state index contributed by atoms with van der Waals surface area (Å²) in [7, 11) is 1.86. The van der Waals surface area contributed by atoms with Gasteiger partial charge in [-0.2, -0.15) is 0 Å². The van der Waals surface area contributed by atoms with Gasteiger partial charge in [0, 0.05) is 13.1 Å². The summed E-state index contributed by atoms with van der Waals surface area (Å²) in [5.41, 5.74) is 0.966. The molecule has 0 saturated heterocycles. The summed E-state index contributed by atoms with van der Waals surface area (Å²) in [6, 6.07) is 1.86. The first-order valence-electron chi connectivity index (χ1n) is 3.57. The van der Waals surface area contributed by atoms with Gasteiger partial charge in [0.1, 0.15) is 0 Å². The van der Waals surface area contributed by atoms with Crippen LogP contribution in [0.25, 0.3) is 6.08 Å². The zero-order valence-corrected chi connectivity index (χ0v) is 6.87. The van der Waals surface area contributed by atoms with Gasteiger partial charge < -0.3 is 4.74 Å². The molecule has 3 nitrogen and oxygen atoms in total. The smallest absolute Gasteiger partial charge is 0.233 e. The van der Waals surface area contributed by atoms with Crippen molar-refractivity contribution in [2.24, 2.45) is 7.05 Å². The molecule has 0 fully saturated rings. The van der Waals surface area contributed by atoms with Crippen LogP contribution in [0.4, 0.5) is 0 Å². The molecule has 0 radical (unpaired) electrons. The van der Waals surface area contributed by atoms with Crippen molar-refractivity contribution in [2.45, 2.75) is 6.92 Å². The second kappa shape index (κ2) is 3.23. The van der Waals surface area contributed by atoms with Gasteiger partial charge in [-0.3, -0.25) is 4.68 Å². The Hall–Kier alpha value is -1.25. The van der Waals surface area contributed by atoms with Crippen molar-refractivity contribution in [3.63, 3.8) is 0 Å². The largest absolute Gasteiger partial charge is 0.477 e. The number of nitrogens with zero attached hydrogens (tertiary/aromatic N) is 2. The van der Waals surface area contributed by atoms with E-state index in [1.165, 1.54) is 0 Å².